The topological polar surface area (TPSA) is 49.8 Å². The van der Waals surface area contributed by atoms with Crippen LogP contribution in [-0.2, 0) is 0 Å². The molecule has 2 N–H and O–H groups in total. The van der Waals surface area contributed by atoms with Crippen LogP contribution in [0.2, 0.25) is 0 Å². The van der Waals surface area contributed by atoms with Crippen molar-refractivity contribution < 1.29 is 0 Å². The van der Waals surface area contributed by atoms with E-state index in [9.17, 15) is 0 Å². The maximum Gasteiger partial charge on any atom is 0.0991 e. The zero-order valence-corrected chi connectivity index (χ0v) is 8.14. The van der Waals surface area contributed by atoms with Gasteiger partial charge in [0.1, 0.15) is 0 Å². The smallest absolute Gasteiger partial charge is 0.0991 e. The van der Waals surface area contributed by atoms with Crippen LogP contribution in [0.5, 0.6) is 0 Å². The Balaban J connectivity index is 2.42. The number of nitrogen functional groups attached to an aromatic ring is 1. The van der Waals surface area contributed by atoms with Gasteiger partial charge in [-0.05, 0) is 35.4 Å². The molecule has 0 bridgehead atoms. The third-order valence-electron chi connectivity index (χ3n) is 2.23. The van der Waals surface area contributed by atoms with E-state index in [0.29, 0.717) is 5.56 Å². The quantitative estimate of drug-likeness (QED) is 0.709. The van der Waals surface area contributed by atoms with E-state index < -0.39 is 0 Å². The molecule has 0 radical (unpaired) electrons. The molecule has 2 rings (SSSR count). The van der Waals surface area contributed by atoms with E-state index in [-0.39, 0.29) is 0 Å². The molecule has 0 aliphatic carbocycles. The molecule has 0 atom stereocenters. The van der Waals surface area contributed by atoms with Crippen molar-refractivity contribution in [1.29, 1.82) is 5.26 Å². The fourth-order valence-corrected chi connectivity index (χ4v) is 1.46. The second kappa shape index (κ2) is 3.85. The van der Waals surface area contributed by atoms with Crippen molar-refractivity contribution in [1.82, 2.24) is 0 Å². The minimum Gasteiger partial charge on any atom is -0.399 e. The number of rotatable bonds is 1. The third-order valence-corrected chi connectivity index (χ3v) is 2.23. The van der Waals surface area contributed by atoms with Crippen LogP contribution in [0.4, 0.5) is 5.69 Å². The minimum absolute atomic E-state index is 0.669. The van der Waals surface area contributed by atoms with Crippen LogP contribution in [0.25, 0.3) is 11.1 Å². The Morgan fingerprint density at radius 1 is 0.933 bits per heavy atom. The first-order valence-electron chi connectivity index (χ1n) is 4.66. The summed E-state index contributed by atoms with van der Waals surface area (Å²) in [5.41, 5.74) is 9.26. The van der Waals surface area contributed by atoms with Crippen LogP contribution in [0.15, 0.2) is 48.5 Å². The van der Waals surface area contributed by atoms with E-state index in [1.807, 2.05) is 36.4 Å². The molecule has 0 unspecified atom stereocenters. The van der Waals surface area contributed by atoms with Crippen molar-refractivity contribution in [2.24, 2.45) is 0 Å². The number of anilines is 1. The summed E-state index contributed by atoms with van der Waals surface area (Å²) in [5.74, 6) is 0. The molecule has 2 heteroatoms. The van der Waals surface area contributed by atoms with Gasteiger partial charge in [-0.1, -0.05) is 24.3 Å². The van der Waals surface area contributed by atoms with Crippen molar-refractivity contribution in [3.8, 4) is 17.2 Å². The number of nitrogens with two attached hydrogens (primary N) is 1. The van der Waals surface area contributed by atoms with Crippen molar-refractivity contribution in [2.75, 3.05) is 5.73 Å². The van der Waals surface area contributed by atoms with Gasteiger partial charge >= 0.3 is 0 Å². The first-order chi connectivity index (χ1) is 7.29. The summed E-state index contributed by atoms with van der Waals surface area (Å²) < 4.78 is 0. The average molecular weight is 194 g/mol. The minimum atomic E-state index is 0.669. The van der Waals surface area contributed by atoms with Gasteiger partial charge in [0.25, 0.3) is 0 Å². The van der Waals surface area contributed by atoms with Gasteiger partial charge in [0, 0.05) is 5.69 Å². The molecule has 15 heavy (non-hydrogen) atoms. The van der Waals surface area contributed by atoms with Crippen LogP contribution in [0.1, 0.15) is 5.56 Å². The Morgan fingerprint density at radius 3 is 2.27 bits per heavy atom. The molecule has 0 heterocycles. The van der Waals surface area contributed by atoms with Gasteiger partial charge in [0.15, 0.2) is 0 Å². The van der Waals surface area contributed by atoms with E-state index >= 15 is 0 Å². The van der Waals surface area contributed by atoms with Crippen LogP contribution in [0.3, 0.4) is 0 Å². The maximum absolute atomic E-state index is 8.67. The van der Waals surface area contributed by atoms with E-state index in [2.05, 4.69) is 6.07 Å². The third kappa shape index (κ3) is 1.97. The lowest BCUT2D eigenvalue weighted by Gasteiger charge is -2.02. The zero-order valence-electron chi connectivity index (χ0n) is 8.14. The molecule has 0 aliphatic heterocycles. The molecule has 72 valence electrons. The van der Waals surface area contributed by atoms with Gasteiger partial charge in [-0.3, -0.25) is 0 Å². The van der Waals surface area contributed by atoms with Gasteiger partial charge in [-0.15, -0.1) is 0 Å². The second-order valence-electron chi connectivity index (χ2n) is 3.31. The highest BCUT2D eigenvalue weighted by Gasteiger charge is 1.97. The molecule has 0 aliphatic rings. The predicted octanol–water partition coefficient (Wildman–Crippen LogP) is 2.81. The molecule has 0 aromatic heterocycles. The van der Waals surface area contributed by atoms with Crippen LogP contribution >= 0.6 is 0 Å². The van der Waals surface area contributed by atoms with Crippen LogP contribution in [-0.4, -0.2) is 0 Å². The monoisotopic (exact) mass is 194 g/mol. The molecule has 0 saturated heterocycles. The number of hydrogen-bond acceptors (Lipinski definition) is 2. The predicted molar refractivity (Wildman–Crippen MR) is 61.0 cm³/mol. The van der Waals surface area contributed by atoms with E-state index in [0.717, 1.165) is 16.8 Å². The molecule has 2 nitrogen and oxygen atoms in total. The largest absolute Gasteiger partial charge is 0.399 e. The molecule has 0 saturated carbocycles. The number of hydrogen-bond donors (Lipinski definition) is 1. The van der Waals surface area contributed by atoms with E-state index in [1.54, 1.807) is 12.1 Å². The highest BCUT2D eigenvalue weighted by Crippen LogP contribution is 2.21. The average Bonchev–Trinajstić information content (AvgIpc) is 2.29. The SMILES string of the molecule is N#Cc1ccc(-c2cccc(N)c2)cc1. The first-order valence-corrected chi connectivity index (χ1v) is 4.66. The lowest BCUT2D eigenvalue weighted by molar-refractivity contribution is 1.48. The summed E-state index contributed by atoms with van der Waals surface area (Å²) in [4.78, 5) is 0. The summed E-state index contributed by atoms with van der Waals surface area (Å²) in [5, 5.41) is 8.67. The Hall–Kier alpha value is -2.27. The highest BCUT2D eigenvalue weighted by atomic mass is 14.5. The summed E-state index contributed by atoms with van der Waals surface area (Å²) in [7, 11) is 0. The molecular formula is C13H10N2. The molecule has 2 aromatic rings. The Kier molecular flexibility index (Phi) is 2.38. The van der Waals surface area contributed by atoms with Crippen LogP contribution < -0.4 is 5.73 Å². The van der Waals surface area contributed by atoms with Gasteiger partial charge in [-0.2, -0.15) is 5.26 Å². The lowest BCUT2D eigenvalue weighted by atomic mass is 10.0. The molecule has 0 amide bonds. The summed E-state index contributed by atoms with van der Waals surface area (Å²) >= 11 is 0. The molecular weight excluding hydrogens is 184 g/mol. The summed E-state index contributed by atoms with van der Waals surface area (Å²) in [6, 6.07) is 17.2. The number of nitrogens with zero attached hydrogens (tertiary/aromatic N) is 1. The standard InChI is InChI=1S/C13H10N2/c14-9-10-4-6-11(7-5-10)12-2-1-3-13(15)8-12/h1-8H,15H2. The molecule has 2 aromatic carbocycles. The first kappa shape index (κ1) is 9.29. The fraction of sp³-hybridized carbons (Fsp3) is 0. The zero-order chi connectivity index (χ0) is 10.7. The lowest BCUT2D eigenvalue weighted by Crippen LogP contribution is -1.85. The molecule has 0 spiro atoms. The summed E-state index contributed by atoms with van der Waals surface area (Å²) in [6.07, 6.45) is 0. The van der Waals surface area contributed by atoms with Crippen molar-refractivity contribution >= 4 is 5.69 Å². The van der Waals surface area contributed by atoms with Gasteiger partial charge in [0.05, 0.1) is 11.6 Å². The van der Waals surface area contributed by atoms with E-state index in [1.165, 1.54) is 0 Å². The van der Waals surface area contributed by atoms with Gasteiger partial charge in [0.2, 0.25) is 0 Å². The maximum atomic E-state index is 8.67. The van der Waals surface area contributed by atoms with Gasteiger partial charge in [-0.25, -0.2) is 0 Å². The van der Waals surface area contributed by atoms with Gasteiger partial charge < -0.3 is 5.73 Å². The highest BCUT2D eigenvalue weighted by molar-refractivity contribution is 5.67. The number of nitriles is 1. The Bertz CT molecular complexity index is 507. The fourth-order valence-electron chi connectivity index (χ4n) is 1.46. The summed E-state index contributed by atoms with van der Waals surface area (Å²) in [6.45, 7) is 0. The molecule has 0 fully saturated rings. The van der Waals surface area contributed by atoms with E-state index in [4.69, 9.17) is 11.0 Å². The van der Waals surface area contributed by atoms with Crippen molar-refractivity contribution in [3.05, 3.63) is 54.1 Å². The van der Waals surface area contributed by atoms with Crippen LogP contribution in [0, 0.1) is 11.3 Å². The van der Waals surface area contributed by atoms with Crippen molar-refractivity contribution in [3.63, 3.8) is 0 Å². The Labute approximate surface area is 88.6 Å². The number of benzene rings is 2. The Morgan fingerprint density at radius 2 is 1.67 bits per heavy atom. The van der Waals surface area contributed by atoms with Crippen molar-refractivity contribution in [2.45, 2.75) is 0 Å². The second-order valence-corrected chi connectivity index (χ2v) is 3.31. The normalized spacial score (nSPS) is 9.53.